The van der Waals surface area contributed by atoms with Crippen molar-refractivity contribution in [2.24, 2.45) is 4.99 Å². The molecule has 1 aromatic carbocycles. The molecule has 0 radical (unpaired) electrons. The maximum Gasteiger partial charge on any atom is 0.191 e. The Labute approximate surface area is 184 Å². The number of rotatable bonds is 7. The molecule has 0 aliphatic carbocycles. The highest BCUT2D eigenvalue weighted by atomic mass is 35.5. The Hall–Kier alpha value is -2.15. The SMILES string of the molecule is CN=C(NCCc1ccc(Cl)nc1)NCc1ccccc1CN1CC(C)OC(C)C1. The van der Waals surface area contributed by atoms with E-state index in [9.17, 15) is 0 Å². The highest BCUT2D eigenvalue weighted by Gasteiger charge is 2.22. The lowest BCUT2D eigenvalue weighted by atomic mass is 10.1. The lowest BCUT2D eigenvalue weighted by Crippen LogP contribution is -2.45. The first kappa shape index (κ1) is 22.5. The van der Waals surface area contributed by atoms with Crippen LogP contribution in [-0.4, -0.2) is 54.7 Å². The summed E-state index contributed by atoms with van der Waals surface area (Å²) in [4.78, 5) is 10.9. The Morgan fingerprint density at radius 1 is 1.13 bits per heavy atom. The standard InChI is InChI=1S/C23H32ClN5O/c1-17-14-29(15-18(2)30-17)16-21-7-5-4-6-20(21)13-28-23(25-3)26-11-10-19-8-9-22(24)27-12-19/h4-9,12,17-18H,10-11,13-16H2,1-3H3,(H2,25,26,28). The third-order valence-electron chi connectivity index (χ3n) is 5.17. The number of nitrogens with zero attached hydrogens (tertiary/aromatic N) is 3. The summed E-state index contributed by atoms with van der Waals surface area (Å²) >= 11 is 5.84. The number of hydrogen-bond acceptors (Lipinski definition) is 4. The molecule has 2 unspecified atom stereocenters. The van der Waals surface area contributed by atoms with Gasteiger partial charge < -0.3 is 15.4 Å². The quantitative estimate of drug-likeness (QED) is 0.402. The average Bonchev–Trinajstić information content (AvgIpc) is 2.72. The third-order valence-corrected chi connectivity index (χ3v) is 5.40. The predicted molar refractivity (Wildman–Crippen MR) is 123 cm³/mol. The van der Waals surface area contributed by atoms with Gasteiger partial charge in [0.15, 0.2) is 5.96 Å². The van der Waals surface area contributed by atoms with Gasteiger partial charge in [-0.25, -0.2) is 4.98 Å². The first-order valence-corrected chi connectivity index (χ1v) is 10.9. The number of morpholine rings is 1. The molecule has 3 rings (SSSR count). The molecule has 1 saturated heterocycles. The van der Waals surface area contributed by atoms with Crippen LogP contribution in [0.3, 0.4) is 0 Å². The fourth-order valence-corrected chi connectivity index (χ4v) is 3.93. The Morgan fingerprint density at radius 2 is 1.87 bits per heavy atom. The number of guanidine groups is 1. The predicted octanol–water partition coefficient (Wildman–Crippen LogP) is 3.25. The van der Waals surface area contributed by atoms with E-state index in [0.29, 0.717) is 5.15 Å². The molecule has 0 saturated carbocycles. The van der Waals surface area contributed by atoms with E-state index < -0.39 is 0 Å². The van der Waals surface area contributed by atoms with Gasteiger partial charge in [-0.3, -0.25) is 9.89 Å². The fourth-order valence-electron chi connectivity index (χ4n) is 3.82. The van der Waals surface area contributed by atoms with Gasteiger partial charge in [-0.15, -0.1) is 0 Å². The molecule has 30 heavy (non-hydrogen) atoms. The van der Waals surface area contributed by atoms with E-state index in [1.165, 1.54) is 11.1 Å². The molecule has 1 aliphatic heterocycles. The molecule has 1 aromatic heterocycles. The zero-order valence-electron chi connectivity index (χ0n) is 18.1. The van der Waals surface area contributed by atoms with E-state index in [4.69, 9.17) is 16.3 Å². The summed E-state index contributed by atoms with van der Waals surface area (Å²) in [6, 6.07) is 12.4. The molecule has 2 heterocycles. The minimum atomic E-state index is 0.276. The second kappa shape index (κ2) is 11.3. The second-order valence-electron chi connectivity index (χ2n) is 7.81. The molecule has 162 valence electrons. The molecule has 6 nitrogen and oxygen atoms in total. The van der Waals surface area contributed by atoms with Crippen LogP contribution in [0.5, 0.6) is 0 Å². The smallest absolute Gasteiger partial charge is 0.191 e. The van der Waals surface area contributed by atoms with Gasteiger partial charge in [-0.2, -0.15) is 0 Å². The average molecular weight is 430 g/mol. The number of pyridine rings is 1. The highest BCUT2D eigenvalue weighted by molar-refractivity contribution is 6.29. The van der Waals surface area contributed by atoms with Gasteiger partial charge in [0.2, 0.25) is 0 Å². The van der Waals surface area contributed by atoms with Crippen molar-refractivity contribution < 1.29 is 4.74 Å². The van der Waals surface area contributed by atoms with Crippen molar-refractivity contribution in [1.29, 1.82) is 0 Å². The molecule has 2 aromatic rings. The largest absolute Gasteiger partial charge is 0.373 e. The van der Waals surface area contributed by atoms with Crippen molar-refractivity contribution in [1.82, 2.24) is 20.5 Å². The maximum absolute atomic E-state index is 5.86. The third kappa shape index (κ3) is 6.97. The molecular formula is C23H32ClN5O. The van der Waals surface area contributed by atoms with Crippen LogP contribution in [0.25, 0.3) is 0 Å². The van der Waals surface area contributed by atoms with Gasteiger partial charge in [0.25, 0.3) is 0 Å². The summed E-state index contributed by atoms with van der Waals surface area (Å²) in [6.45, 7) is 8.66. The fraction of sp³-hybridized carbons (Fsp3) is 0.478. The van der Waals surface area contributed by atoms with Crippen LogP contribution in [0, 0.1) is 0 Å². The first-order chi connectivity index (χ1) is 14.5. The number of nitrogens with one attached hydrogen (secondary N) is 2. The van der Waals surface area contributed by atoms with Gasteiger partial charge in [-0.05, 0) is 43.0 Å². The minimum Gasteiger partial charge on any atom is -0.373 e. The van der Waals surface area contributed by atoms with Crippen LogP contribution >= 0.6 is 11.6 Å². The molecule has 1 fully saturated rings. The van der Waals surface area contributed by atoms with Crippen LogP contribution in [0.2, 0.25) is 5.15 Å². The Bertz CT molecular complexity index is 817. The lowest BCUT2D eigenvalue weighted by molar-refractivity contribution is -0.0705. The molecule has 0 amide bonds. The van der Waals surface area contributed by atoms with Crippen LogP contribution in [0.1, 0.15) is 30.5 Å². The highest BCUT2D eigenvalue weighted by Crippen LogP contribution is 2.17. The number of halogens is 1. The van der Waals surface area contributed by atoms with Crippen molar-refractivity contribution in [3.8, 4) is 0 Å². The van der Waals surface area contributed by atoms with Crippen LogP contribution in [0.4, 0.5) is 0 Å². The summed E-state index contributed by atoms with van der Waals surface area (Å²) < 4.78 is 5.86. The summed E-state index contributed by atoms with van der Waals surface area (Å²) in [6.07, 6.45) is 3.22. The molecule has 2 atom stereocenters. The molecule has 7 heteroatoms. The lowest BCUT2D eigenvalue weighted by Gasteiger charge is -2.35. The van der Waals surface area contributed by atoms with E-state index in [1.807, 2.05) is 18.3 Å². The van der Waals surface area contributed by atoms with Gasteiger partial charge >= 0.3 is 0 Å². The number of benzene rings is 1. The first-order valence-electron chi connectivity index (χ1n) is 10.5. The Morgan fingerprint density at radius 3 is 2.53 bits per heavy atom. The molecule has 0 bridgehead atoms. The van der Waals surface area contributed by atoms with E-state index in [1.54, 1.807) is 7.05 Å². The van der Waals surface area contributed by atoms with Crippen molar-refractivity contribution in [3.05, 3.63) is 64.4 Å². The Kier molecular flexibility index (Phi) is 8.49. The normalized spacial score (nSPS) is 20.2. The number of ether oxygens (including phenoxy) is 1. The molecule has 2 N–H and O–H groups in total. The monoisotopic (exact) mass is 429 g/mol. The van der Waals surface area contributed by atoms with E-state index in [2.05, 4.69) is 63.6 Å². The van der Waals surface area contributed by atoms with Gasteiger partial charge in [0.05, 0.1) is 12.2 Å². The van der Waals surface area contributed by atoms with Crippen molar-refractivity contribution in [3.63, 3.8) is 0 Å². The van der Waals surface area contributed by atoms with E-state index >= 15 is 0 Å². The zero-order valence-corrected chi connectivity index (χ0v) is 18.8. The number of hydrogen-bond donors (Lipinski definition) is 2. The van der Waals surface area contributed by atoms with Gasteiger partial charge in [0, 0.05) is 46.0 Å². The molecule has 1 aliphatic rings. The van der Waals surface area contributed by atoms with Crippen LogP contribution < -0.4 is 10.6 Å². The summed E-state index contributed by atoms with van der Waals surface area (Å²) in [5.74, 6) is 0.792. The van der Waals surface area contributed by atoms with Gasteiger partial charge in [-0.1, -0.05) is 41.9 Å². The van der Waals surface area contributed by atoms with E-state index in [0.717, 1.165) is 50.7 Å². The zero-order chi connectivity index (χ0) is 21.3. The van der Waals surface area contributed by atoms with Gasteiger partial charge in [0.1, 0.15) is 5.15 Å². The van der Waals surface area contributed by atoms with Crippen molar-refractivity contribution in [2.45, 2.75) is 45.6 Å². The van der Waals surface area contributed by atoms with Crippen molar-refractivity contribution >= 4 is 17.6 Å². The Balaban J connectivity index is 1.51. The minimum absolute atomic E-state index is 0.276. The topological polar surface area (TPSA) is 61.8 Å². The van der Waals surface area contributed by atoms with Crippen LogP contribution in [-0.2, 0) is 24.2 Å². The van der Waals surface area contributed by atoms with Crippen molar-refractivity contribution in [2.75, 3.05) is 26.7 Å². The molecular weight excluding hydrogens is 398 g/mol. The van der Waals surface area contributed by atoms with E-state index in [-0.39, 0.29) is 12.2 Å². The summed E-state index contributed by atoms with van der Waals surface area (Å²) in [5, 5.41) is 7.32. The van der Waals surface area contributed by atoms with Crippen LogP contribution in [0.15, 0.2) is 47.6 Å². The summed E-state index contributed by atoms with van der Waals surface area (Å²) in [7, 11) is 1.79. The number of aliphatic imine (C=N–C) groups is 1. The summed E-state index contributed by atoms with van der Waals surface area (Å²) in [5.41, 5.74) is 3.77. The maximum atomic E-state index is 5.86. The number of aromatic nitrogens is 1. The molecule has 0 spiro atoms. The second-order valence-corrected chi connectivity index (χ2v) is 8.20.